The number of hydrogen-bond acceptors (Lipinski definition) is 3. The molecular weight excluding hydrogens is 192 g/mol. The van der Waals surface area contributed by atoms with E-state index in [1.807, 2.05) is 0 Å². The lowest BCUT2D eigenvalue weighted by atomic mass is 9.98. The van der Waals surface area contributed by atoms with Gasteiger partial charge in [0, 0.05) is 5.38 Å². The fourth-order valence-corrected chi connectivity index (χ4v) is 2.30. The van der Waals surface area contributed by atoms with E-state index < -0.39 is 0 Å². The van der Waals surface area contributed by atoms with Crippen LogP contribution in [0.5, 0.6) is 0 Å². The van der Waals surface area contributed by atoms with Gasteiger partial charge in [0.1, 0.15) is 0 Å². The fraction of sp³-hybridized carbons (Fsp3) is 0.727. The van der Waals surface area contributed by atoms with Gasteiger partial charge in [0.05, 0.1) is 16.7 Å². The number of rotatable bonds is 5. The Balaban J connectivity index is 2.65. The van der Waals surface area contributed by atoms with E-state index in [4.69, 9.17) is 5.73 Å². The summed E-state index contributed by atoms with van der Waals surface area (Å²) in [7, 11) is 0. The molecule has 1 heterocycles. The SMILES string of the molecule is CCCc1nc(C(N)C(C)CC)cs1. The molecule has 0 aliphatic heterocycles. The van der Waals surface area contributed by atoms with Gasteiger partial charge in [0.15, 0.2) is 0 Å². The third kappa shape index (κ3) is 2.79. The third-order valence-corrected chi connectivity index (χ3v) is 3.56. The molecule has 0 fully saturated rings. The summed E-state index contributed by atoms with van der Waals surface area (Å²) in [6.45, 7) is 6.53. The Morgan fingerprint density at radius 3 is 2.79 bits per heavy atom. The molecule has 0 aliphatic carbocycles. The highest BCUT2D eigenvalue weighted by atomic mass is 32.1. The maximum absolute atomic E-state index is 6.10. The van der Waals surface area contributed by atoms with E-state index >= 15 is 0 Å². The highest BCUT2D eigenvalue weighted by Gasteiger charge is 2.15. The number of thiazole rings is 1. The van der Waals surface area contributed by atoms with Gasteiger partial charge in [-0.15, -0.1) is 11.3 Å². The quantitative estimate of drug-likeness (QED) is 0.814. The van der Waals surface area contributed by atoms with Gasteiger partial charge in [-0.2, -0.15) is 0 Å². The van der Waals surface area contributed by atoms with Crippen LogP contribution in [-0.2, 0) is 6.42 Å². The van der Waals surface area contributed by atoms with Crippen LogP contribution in [0.3, 0.4) is 0 Å². The molecule has 0 spiro atoms. The van der Waals surface area contributed by atoms with Gasteiger partial charge in [-0.25, -0.2) is 4.98 Å². The predicted molar refractivity (Wildman–Crippen MR) is 62.5 cm³/mol. The Labute approximate surface area is 90.6 Å². The molecule has 0 aromatic carbocycles. The first-order valence-electron chi connectivity index (χ1n) is 5.38. The molecule has 0 saturated heterocycles. The summed E-state index contributed by atoms with van der Waals surface area (Å²) in [5.74, 6) is 0.520. The molecule has 3 heteroatoms. The van der Waals surface area contributed by atoms with Crippen LogP contribution in [0, 0.1) is 5.92 Å². The summed E-state index contributed by atoms with van der Waals surface area (Å²) in [5.41, 5.74) is 7.18. The second-order valence-electron chi connectivity index (χ2n) is 3.83. The predicted octanol–water partition coefficient (Wildman–Crippen LogP) is 3.14. The molecule has 80 valence electrons. The topological polar surface area (TPSA) is 38.9 Å². The van der Waals surface area contributed by atoms with Crippen molar-refractivity contribution in [3.8, 4) is 0 Å². The molecule has 1 rings (SSSR count). The Morgan fingerprint density at radius 2 is 2.21 bits per heavy atom. The monoisotopic (exact) mass is 212 g/mol. The normalized spacial score (nSPS) is 15.4. The van der Waals surface area contributed by atoms with Crippen LogP contribution in [0.25, 0.3) is 0 Å². The van der Waals surface area contributed by atoms with Gasteiger partial charge in [-0.1, -0.05) is 27.2 Å². The molecule has 1 aromatic rings. The fourth-order valence-electron chi connectivity index (χ4n) is 1.35. The molecule has 2 nitrogen and oxygen atoms in total. The molecule has 0 aliphatic rings. The van der Waals surface area contributed by atoms with Crippen LogP contribution in [0.4, 0.5) is 0 Å². The summed E-state index contributed by atoms with van der Waals surface area (Å²) in [6.07, 6.45) is 3.35. The van der Waals surface area contributed by atoms with Crippen LogP contribution >= 0.6 is 11.3 Å². The Kier molecular flexibility index (Phi) is 4.55. The second kappa shape index (κ2) is 5.47. The lowest BCUT2D eigenvalue weighted by Gasteiger charge is -2.15. The summed E-state index contributed by atoms with van der Waals surface area (Å²) in [6, 6.07) is 0.113. The van der Waals surface area contributed by atoms with Gasteiger partial charge in [0.2, 0.25) is 0 Å². The van der Waals surface area contributed by atoms with Crippen LogP contribution in [0.2, 0.25) is 0 Å². The Hall–Kier alpha value is -0.410. The molecule has 1 aromatic heterocycles. The van der Waals surface area contributed by atoms with Gasteiger partial charge >= 0.3 is 0 Å². The summed E-state index contributed by atoms with van der Waals surface area (Å²) in [4.78, 5) is 4.56. The van der Waals surface area contributed by atoms with E-state index in [-0.39, 0.29) is 6.04 Å². The van der Waals surface area contributed by atoms with E-state index in [2.05, 4.69) is 31.1 Å². The summed E-state index contributed by atoms with van der Waals surface area (Å²) < 4.78 is 0. The van der Waals surface area contributed by atoms with Crippen LogP contribution in [-0.4, -0.2) is 4.98 Å². The second-order valence-corrected chi connectivity index (χ2v) is 4.77. The molecule has 2 atom stereocenters. The van der Waals surface area contributed by atoms with Crippen LogP contribution in [0.15, 0.2) is 5.38 Å². The van der Waals surface area contributed by atoms with Crippen LogP contribution < -0.4 is 5.73 Å². The average Bonchev–Trinajstić information content (AvgIpc) is 2.64. The zero-order chi connectivity index (χ0) is 10.6. The van der Waals surface area contributed by atoms with E-state index in [0.29, 0.717) is 5.92 Å². The molecule has 0 amide bonds. The third-order valence-electron chi connectivity index (χ3n) is 2.63. The van der Waals surface area contributed by atoms with Crippen molar-refractivity contribution in [2.24, 2.45) is 11.7 Å². The smallest absolute Gasteiger partial charge is 0.0928 e. The minimum atomic E-state index is 0.113. The van der Waals surface area contributed by atoms with E-state index in [9.17, 15) is 0 Å². The zero-order valence-electron chi connectivity index (χ0n) is 9.29. The number of aromatic nitrogens is 1. The molecular formula is C11H20N2S. The maximum atomic E-state index is 6.10. The van der Waals surface area contributed by atoms with Crippen molar-refractivity contribution in [3.63, 3.8) is 0 Å². The number of nitrogens with two attached hydrogens (primary N) is 1. The molecule has 0 radical (unpaired) electrons. The maximum Gasteiger partial charge on any atom is 0.0928 e. The van der Waals surface area contributed by atoms with Crippen molar-refractivity contribution in [2.45, 2.75) is 46.1 Å². The number of aryl methyl sites for hydroxylation is 1. The van der Waals surface area contributed by atoms with Crippen molar-refractivity contribution < 1.29 is 0 Å². The van der Waals surface area contributed by atoms with E-state index in [0.717, 1.165) is 25.0 Å². The van der Waals surface area contributed by atoms with Gasteiger partial charge < -0.3 is 5.73 Å². The minimum absolute atomic E-state index is 0.113. The molecule has 14 heavy (non-hydrogen) atoms. The highest BCUT2D eigenvalue weighted by Crippen LogP contribution is 2.23. The van der Waals surface area contributed by atoms with Crippen molar-refractivity contribution >= 4 is 11.3 Å². The molecule has 0 saturated carbocycles. The first-order chi connectivity index (χ1) is 6.69. The van der Waals surface area contributed by atoms with Crippen molar-refractivity contribution in [1.82, 2.24) is 4.98 Å². The highest BCUT2D eigenvalue weighted by molar-refractivity contribution is 7.09. The first-order valence-corrected chi connectivity index (χ1v) is 6.26. The molecule has 0 bridgehead atoms. The minimum Gasteiger partial charge on any atom is -0.322 e. The van der Waals surface area contributed by atoms with Crippen molar-refractivity contribution in [2.75, 3.05) is 0 Å². The van der Waals surface area contributed by atoms with Crippen molar-refractivity contribution in [1.29, 1.82) is 0 Å². The standard InChI is InChI=1S/C11H20N2S/c1-4-6-10-13-9(7-14-10)11(12)8(3)5-2/h7-8,11H,4-6,12H2,1-3H3. The lowest BCUT2D eigenvalue weighted by molar-refractivity contribution is 0.449. The largest absolute Gasteiger partial charge is 0.322 e. The summed E-state index contributed by atoms with van der Waals surface area (Å²) >= 11 is 1.74. The van der Waals surface area contributed by atoms with E-state index in [1.54, 1.807) is 11.3 Å². The molecule has 2 unspecified atom stereocenters. The lowest BCUT2D eigenvalue weighted by Crippen LogP contribution is -2.18. The van der Waals surface area contributed by atoms with Gasteiger partial charge in [-0.05, 0) is 18.8 Å². The first kappa shape index (κ1) is 11.7. The summed E-state index contributed by atoms with van der Waals surface area (Å²) in [5, 5.41) is 3.34. The zero-order valence-corrected chi connectivity index (χ0v) is 10.1. The van der Waals surface area contributed by atoms with Gasteiger partial charge in [0.25, 0.3) is 0 Å². The van der Waals surface area contributed by atoms with Gasteiger partial charge in [-0.3, -0.25) is 0 Å². The Bertz CT molecular complexity index is 270. The number of hydrogen-bond donors (Lipinski definition) is 1. The van der Waals surface area contributed by atoms with Crippen molar-refractivity contribution in [3.05, 3.63) is 16.1 Å². The van der Waals surface area contributed by atoms with Crippen LogP contribution in [0.1, 0.15) is 50.4 Å². The molecule has 2 N–H and O–H groups in total. The number of nitrogens with zero attached hydrogens (tertiary/aromatic N) is 1. The average molecular weight is 212 g/mol. The Morgan fingerprint density at radius 1 is 1.50 bits per heavy atom. The van der Waals surface area contributed by atoms with E-state index in [1.165, 1.54) is 5.01 Å².